The summed E-state index contributed by atoms with van der Waals surface area (Å²) in [6, 6.07) is 18.7. The van der Waals surface area contributed by atoms with Crippen LogP contribution in [0.25, 0.3) is 21.7 Å². The molecule has 1 heterocycles. The van der Waals surface area contributed by atoms with Gasteiger partial charge in [0.25, 0.3) is 0 Å². The van der Waals surface area contributed by atoms with Crippen LogP contribution in [0.2, 0.25) is 0 Å². The van der Waals surface area contributed by atoms with E-state index in [4.69, 9.17) is 4.74 Å². The van der Waals surface area contributed by atoms with Gasteiger partial charge < -0.3 is 9.72 Å². The van der Waals surface area contributed by atoms with E-state index >= 15 is 0 Å². The van der Waals surface area contributed by atoms with Gasteiger partial charge in [0.1, 0.15) is 0 Å². The van der Waals surface area contributed by atoms with Crippen LogP contribution in [0.1, 0.15) is 26.3 Å². The number of H-pyrrole nitrogens is 1. The summed E-state index contributed by atoms with van der Waals surface area (Å²) in [6.07, 6.45) is 1.68. The molecule has 0 radical (unpaired) electrons. The average Bonchev–Trinajstić information content (AvgIpc) is 3.09. The molecule has 4 heteroatoms. The highest BCUT2D eigenvalue weighted by atomic mass is 16.5. The first-order valence-corrected chi connectivity index (χ1v) is 7.90. The summed E-state index contributed by atoms with van der Waals surface area (Å²) in [4.78, 5) is 27.8. The zero-order chi connectivity index (χ0) is 17.4. The van der Waals surface area contributed by atoms with E-state index < -0.39 is 5.97 Å². The fourth-order valence-corrected chi connectivity index (χ4v) is 3.04. The second-order valence-corrected chi connectivity index (χ2v) is 5.85. The van der Waals surface area contributed by atoms with E-state index in [9.17, 15) is 9.59 Å². The Bertz CT molecular complexity index is 1120. The molecule has 3 aromatic carbocycles. The van der Waals surface area contributed by atoms with Crippen LogP contribution >= 0.6 is 0 Å². The number of rotatable bonds is 3. The number of aromatic nitrogens is 1. The smallest absolute Gasteiger partial charge is 0.337 e. The van der Waals surface area contributed by atoms with Gasteiger partial charge in [-0.15, -0.1) is 0 Å². The number of benzene rings is 3. The molecule has 0 aliphatic heterocycles. The van der Waals surface area contributed by atoms with Crippen molar-refractivity contribution in [3.05, 3.63) is 83.6 Å². The molecule has 4 rings (SSSR count). The zero-order valence-electron chi connectivity index (χ0n) is 13.6. The first kappa shape index (κ1) is 15.1. The lowest BCUT2D eigenvalue weighted by Gasteiger charge is -2.04. The zero-order valence-corrected chi connectivity index (χ0v) is 13.6. The van der Waals surface area contributed by atoms with Crippen LogP contribution in [0, 0.1) is 0 Å². The predicted molar refractivity (Wildman–Crippen MR) is 97.0 cm³/mol. The SMILES string of the molecule is COC(=O)c1ccc2[nH]cc(C(=O)c3ccc4ccccc4c3)c2c1. The number of ketones is 1. The van der Waals surface area contributed by atoms with Crippen molar-refractivity contribution in [2.45, 2.75) is 0 Å². The van der Waals surface area contributed by atoms with Gasteiger partial charge >= 0.3 is 5.97 Å². The Morgan fingerprint density at radius 2 is 1.64 bits per heavy atom. The number of methoxy groups -OCH3 is 1. The van der Waals surface area contributed by atoms with Crippen LogP contribution < -0.4 is 0 Å². The molecule has 0 fully saturated rings. The second kappa shape index (κ2) is 5.91. The van der Waals surface area contributed by atoms with Gasteiger partial charge in [-0.2, -0.15) is 0 Å². The maximum absolute atomic E-state index is 13.0. The lowest BCUT2D eigenvalue weighted by atomic mass is 9.99. The summed E-state index contributed by atoms with van der Waals surface area (Å²) in [5.41, 5.74) is 2.37. The number of aromatic amines is 1. The molecule has 0 saturated heterocycles. The fourth-order valence-electron chi connectivity index (χ4n) is 3.04. The highest BCUT2D eigenvalue weighted by Crippen LogP contribution is 2.24. The summed E-state index contributed by atoms with van der Waals surface area (Å²) in [5.74, 6) is -0.508. The molecule has 4 aromatic rings. The minimum atomic E-state index is -0.424. The summed E-state index contributed by atoms with van der Waals surface area (Å²) < 4.78 is 4.76. The van der Waals surface area contributed by atoms with Crippen LogP contribution in [0.4, 0.5) is 0 Å². The van der Waals surface area contributed by atoms with Gasteiger partial charge in [0.15, 0.2) is 5.78 Å². The molecule has 25 heavy (non-hydrogen) atoms. The van der Waals surface area contributed by atoms with Gasteiger partial charge in [0.2, 0.25) is 0 Å². The van der Waals surface area contributed by atoms with Crippen molar-refractivity contribution in [3.8, 4) is 0 Å². The third-order valence-electron chi connectivity index (χ3n) is 4.36. The number of hydrogen-bond donors (Lipinski definition) is 1. The maximum Gasteiger partial charge on any atom is 0.337 e. The van der Waals surface area contributed by atoms with Crippen molar-refractivity contribution < 1.29 is 14.3 Å². The Hall–Kier alpha value is -3.40. The standard InChI is InChI=1S/C21H15NO3/c1-25-21(24)16-8-9-19-17(11-16)18(12-22-19)20(23)15-7-6-13-4-2-3-5-14(13)10-15/h2-12,22H,1H3. The van der Waals surface area contributed by atoms with E-state index in [2.05, 4.69) is 4.98 Å². The van der Waals surface area contributed by atoms with E-state index in [-0.39, 0.29) is 5.78 Å². The number of esters is 1. The number of nitrogens with one attached hydrogen (secondary N) is 1. The summed E-state index contributed by atoms with van der Waals surface area (Å²) in [7, 11) is 1.34. The lowest BCUT2D eigenvalue weighted by molar-refractivity contribution is 0.0600. The van der Waals surface area contributed by atoms with Crippen molar-refractivity contribution in [2.75, 3.05) is 7.11 Å². The van der Waals surface area contributed by atoms with E-state index in [1.54, 1.807) is 24.4 Å². The molecule has 0 aliphatic carbocycles. The van der Waals surface area contributed by atoms with Gasteiger partial charge in [-0.25, -0.2) is 4.79 Å². The van der Waals surface area contributed by atoms with Crippen molar-refractivity contribution >= 4 is 33.4 Å². The Labute approximate surface area is 144 Å². The van der Waals surface area contributed by atoms with Crippen LogP contribution in [0.15, 0.2) is 66.9 Å². The normalized spacial score (nSPS) is 10.9. The topological polar surface area (TPSA) is 59.2 Å². The molecule has 4 nitrogen and oxygen atoms in total. The monoisotopic (exact) mass is 329 g/mol. The van der Waals surface area contributed by atoms with Crippen molar-refractivity contribution in [1.82, 2.24) is 4.98 Å². The highest BCUT2D eigenvalue weighted by molar-refractivity contribution is 6.17. The van der Waals surface area contributed by atoms with Crippen LogP contribution in [0.3, 0.4) is 0 Å². The molecule has 0 amide bonds. The van der Waals surface area contributed by atoms with Crippen molar-refractivity contribution in [2.24, 2.45) is 0 Å². The molecule has 0 atom stereocenters. The molecule has 1 N–H and O–H groups in total. The van der Waals surface area contributed by atoms with E-state index in [0.717, 1.165) is 16.3 Å². The lowest BCUT2D eigenvalue weighted by Crippen LogP contribution is -2.02. The van der Waals surface area contributed by atoms with Crippen LogP contribution in [-0.4, -0.2) is 23.8 Å². The highest BCUT2D eigenvalue weighted by Gasteiger charge is 2.16. The molecule has 0 spiro atoms. The third kappa shape index (κ3) is 2.58. The van der Waals surface area contributed by atoms with Gasteiger partial charge in [0.05, 0.1) is 12.7 Å². The largest absolute Gasteiger partial charge is 0.465 e. The molecule has 1 aromatic heterocycles. The number of fused-ring (bicyclic) bond motifs is 2. The molecule has 0 bridgehead atoms. The van der Waals surface area contributed by atoms with Crippen LogP contribution in [0.5, 0.6) is 0 Å². The van der Waals surface area contributed by atoms with E-state index in [0.29, 0.717) is 22.1 Å². The molecule has 0 saturated carbocycles. The summed E-state index contributed by atoms with van der Waals surface area (Å²) >= 11 is 0. The number of ether oxygens (including phenoxy) is 1. The quantitative estimate of drug-likeness (QED) is 0.449. The number of carbonyl (C=O) groups excluding carboxylic acids is 2. The average molecular weight is 329 g/mol. The van der Waals surface area contributed by atoms with E-state index in [1.165, 1.54) is 7.11 Å². The predicted octanol–water partition coefficient (Wildman–Crippen LogP) is 4.34. The Morgan fingerprint density at radius 1 is 0.880 bits per heavy atom. The van der Waals surface area contributed by atoms with Crippen molar-refractivity contribution in [1.29, 1.82) is 0 Å². The minimum absolute atomic E-state index is 0.0842. The number of hydrogen-bond acceptors (Lipinski definition) is 3. The van der Waals surface area contributed by atoms with Crippen LogP contribution in [-0.2, 0) is 4.74 Å². The maximum atomic E-state index is 13.0. The molecular formula is C21H15NO3. The molecule has 0 unspecified atom stereocenters. The Kier molecular flexibility index (Phi) is 3.58. The molecular weight excluding hydrogens is 314 g/mol. The van der Waals surface area contributed by atoms with Gasteiger partial charge in [-0.3, -0.25) is 4.79 Å². The van der Waals surface area contributed by atoms with Gasteiger partial charge in [0, 0.05) is 28.2 Å². The van der Waals surface area contributed by atoms with Gasteiger partial charge in [-0.1, -0.05) is 36.4 Å². The summed E-state index contributed by atoms with van der Waals surface area (Å²) in [5, 5.41) is 2.82. The first-order chi connectivity index (χ1) is 12.2. The van der Waals surface area contributed by atoms with Crippen molar-refractivity contribution in [3.63, 3.8) is 0 Å². The Balaban J connectivity index is 1.82. The Morgan fingerprint density at radius 3 is 2.44 bits per heavy atom. The van der Waals surface area contributed by atoms with E-state index in [1.807, 2.05) is 42.5 Å². The second-order valence-electron chi connectivity index (χ2n) is 5.85. The number of carbonyl (C=O) groups is 2. The molecule has 0 aliphatic rings. The molecule has 122 valence electrons. The fraction of sp³-hybridized carbons (Fsp3) is 0.0476. The first-order valence-electron chi connectivity index (χ1n) is 7.90. The summed E-state index contributed by atoms with van der Waals surface area (Å²) in [6.45, 7) is 0. The third-order valence-corrected chi connectivity index (χ3v) is 4.36. The van der Waals surface area contributed by atoms with Gasteiger partial charge in [-0.05, 0) is 35.0 Å². The minimum Gasteiger partial charge on any atom is -0.465 e.